The van der Waals surface area contributed by atoms with E-state index in [4.69, 9.17) is 4.74 Å². The highest BCUT2D eigenvalue weighted by Crippen LogP contribution is 2.44. The molecule has 3 aliphatic rings. The van der Waals surface area contributed by atoms with Gasteiger partial charge in [-0.25, -0.2) is 4.79 Å². The molecule has 7 nitrogen and oxygen atoms in total. The molecule has 2 aromatic carbocycles. The smallest absolute Gasteiger partial charge is 0.407 e. The van der Waals surface area contributed by atoms with Gasteiger partial charge in [0.25, 0.3) is 0 Å². The molecule has 0 saturated heterocycles. The predicted octanol–water partition coefficient (Wildman–Crippen LogP) is 4.45. The van der Waals surface area contributed by atoms with E-state index in [0.29, 0.717) is 12.8 Å². The van der Waals surface area contributed by atoms with Gasteiger partial charge in [-0.2, -0.15) is 0 Å². The molecule has 0 bridgehead atoms. The number of alkyl carbamates (subject to hydrolysis) is 1. The molecule has 5 rings (SSSR count). The lowest BCUT2D eigenvalue weighted by Crippen LogP contribution is -2.55. The highest BCUT2D eigenvalue weighted by Gasteiger charge is 2.37. The lowest BCUT2D eigenvalue weighted by molar-refractivity contribution is -0.143. The van der Waals surface area contributed by atoms with Gasteiger partial charge in [0.05, 0.1) is 5.92 Å². The van der Waals surface area contributed by atoms with Gasteiger partial charge < -0.3 is 20.5 Å². The van der Waals surface area contributed by atoms with Gasteiger partial charge in [0.15, 0.2) is 0 Å². The van der Waals surface area contributed by atoms with Crippen LogP contribution in [0, 0.1) is 11.8 Å². The van der Waals surface area contributed by atoms with Crippen molar-refractivity contribution in [2.24, 2.45) is 11.8 Å². The normalized spacial score (nSPS) is 22.3. The third kappa shape index (κ3) is 4.90. The molecule has 0 aliphatic heterocycles. The highest BCUT2D eigenvalue weighted by atomic mass is 16.5. The minimum Gasteiger partial charge on any atom is -0.481 e. The number of carbonyl (C=O) groups is 3. The van der Waals surface area contributed by atoms with Crippen LogP contribution in [0.5, 0.6) is 0 Å². The van der Waals surface area contributed by atoms with Crippen molar-refractivity contribution in [3.05, 3.63) is 59.7 Å². The summed E-state index contributed by atoms with van der Waals surface area (Å²) in [7, 11) is 0. The second kappa shape index (κ2) is 10.1. The zero-order valence-electron chi connectivity index (χ0n) is 19.7. The largest absolute Gasteiger partial charge is 0.481 e. The Bertz CT molecular complexity index is 1070. The molecule has 2 fully saturated rings. The van der Waals surface area contributed by atoms with Crippen LogP contribution in [0.2, 0.25) is 0 Å². The standard InChI is InChI=1S/C28H32N2O5/c31-26(29-19-10-6-9-18(15-19)27(32)33)25(17-7-5-8-17)30-28(34)35-16-24-22-13-3-1-11-20(22)21-12-2-4-14-23(21)24/h1-4,11-14,17-19,24-25H,5-10,15-16H2,(H,29,31)(H,30,34)(H,32,33)/t18-,19+,25?/m0/s1. The van der Waals surface area contributed by atoms with Gasteiger partial charge in [0.1, 0.15) is 12.6 Å². The molecule has 1 unspecified atom stereocenters. The summed E-state index contributed by atoms with van der Waals surface area (Å²) >= 11 is 0. The summed E-state index contributed by atoms with van der Waals surface area (Å²) in [6.07, 6.45) is 4.81. The Kier molecular flexibility index (Phi) is 6.75. The zero-order valence-corrected chi connectivity index (χ0v) is 19.7. The number of aliphatic carboxylic acids is 1. The van der Waals surface area contributed by atoms with Crippen molar-refractivity contribution in [2.75, 3.05) is 6.61 Å². The van der Waals surface area contributed by atoms with E-state index in [1.807, 2.05) is 24.3 Å². The van der Waals surface area contributed by atoms with E-state index in [0.717, 1.165) is 54.4 Å². The maximum atomic E-state index is 13.1. The quantitative estimate of drug-likeness (QED) is 0.548. The Hall–Kier alpha value is -3.35. The van der Waals surface area contributed by atoms with E-state index in [9.17, 15) is 19.5 Å². The molecule has 0 heterocycles. The Morgan fingerprint density at radius 2 is 1.54 bits per heavy atom. The summed E-state index contributed by atoms with van der Waals surface area (Å²) in [5.74, 6) is -1.43. The number of carbonyl (C=O) groups excluding carboxylic acids is 2. The maximum absolute atomic E-state index is 13.1. The average Bonchev–Trinajstić information content (AvgIpc) is 3.15. The number of hydrogen-bond acceptors (Lipinski definition) is 4. The molecule has 0 spiro atoms. The number of hydrogen-bond donors (Lipinski definition) is 3. The van der Waals surface area contributed by atoms with Gasteiger partial charge in [-0.3, -0.25) is 9.59 Å². The number of benzene rings is 2. The fourth-order valence-corrected chi connectivity index (χ4v) is 5.77. The van der Waals surface area contributed by atoms with Gasteiger partial charge >= 0.3 is 12.1 Å². The van der Waals surface area contributed by atoms with Gasteiger partial charge in [-0.05, 0) is 60.3 Å². The number of rotatable bonds is 7. The van der Waals surface area contributed by atoms with Gasteiger partial charge in [-0.1, -0.05) is 61.4 Å². The molecule has 3 N–H and O–H groups in total. The van der Waals surface area contributed by atoms with Crippen molar-refractivity contribution in [1.29, 1.82) is 0 Å². The Morgan fingerprint density at radius 1 is 0.914 bits per heavy atom. The van der Waals surface area contributed by atoms with Crippen LogP contribution in [-0.4, -0.2) is 41.8 Å². The topological polar surface area (TPSA) is 105 Å². The average molecular weight is 477 g/mol. The summed E-state index contributed by atoms with van der Waals surface area (Å²) in [4.78, 5) is 37.3. The second-order valence-electron chi connectivity index (χ2n) is 10.0. The first kappa shape index (κ1) is 23.4. The summed E-state index contributed by atoms with van der Waals surface area (Å²) in [6, 6.07) is 15.5. The molecule has 3 atom stereocenters. The number of amides is 2. The van der Waals surface area contributed by atoms with Gasteiger partial charge in [0, 0.05) is 12.0 Å². The van der Waals surface area contributed by atoms with Crippen molar-refractivity contribution in [3.63, 3.8) is 0 Å². The molecule has 2 amide bonds. The minimum atomic E-state index is -0.809. The molecular formula is C28H32N2O5. The first-order valence-electron chi connectivity index (χ1n) is 12.7. The summed E-state index contributed by atoms with van der Waals surface area (Å²) < 4.78 is 5.67. The van der Waals surface area contributed by atoms with E-state index >= 15 is 0 Å². The number of carboxylic acid groups (broad SMARTS) is 1. The van der Waals surface area contributed by atoms with Crippen molar-refractivity contribution >= 4 is 18.0 Å². The lowest BCUT2D eigenvalue weighted by atomic mass is 9.79. The monoisotopic (exact) mass is 476 g/mol. The van der Waals surface area contributed by atoms with Crippen molar-refractivity contribution < 1.29 is 24.2 Å². The number of fused-ring (bicyclic) bond motifs is 3. The Balaban J connectivity index is 1.21. The van der Waals surface area contributed by atoms with Crippen molar-refractivity contribution in [3.8, 4) is 11.1 Å². The predicted molar refractivity (Wildman–Crippen MR) is 131 cm³/mol. The Labute approximate surface area is 205 Å². The molecule has 2 saturated carbocycles. The van der Waals surface area contributed by atoms with Gasteiger partial charge in [-0.15, -0.1) is 0 Å². The van der Waals surface area contributed by atoms with Crippen LogP contribution in [-0.2, 0) is 14.3 Å². The maximum Gasteiger partial charge on any atom is 0.407 e. The van der Waals surface area contributed by atoms with Crippen LogP contribution in [0.25, 0.3) is 11.1 Å². The van der Waals surface area contributed by atoms with Crippen LogP contribution in [0.1, 0.15) is 62.0 Å². The SMILES string of the molecule is O=C(NC(C(=O)N[C@@H]1CCC[C@H](C(=O)O)C1)C1CCC1)OCC1c2ccccc2-c2ccccc21. The van der Waals surface area contributed by atoms with Crippen LogP contribution in [0.15, 0.2) is 48.5 Å². The molecule has 3 aliphatic carbocycles. The van der Waals surface area contributed by atoms with Crippen LogP contribution >= 0.6 is 0 Å². The van der Waals surface area contributed by atoms with E-state index in [1.165, 1.54) is 0 Å². The third-order valence-electron chi connectivity index (χ3n) is 7.89. The zero-order chi connectivity index (χ0) is 24.4. The summed E-state index contributed by atoms with van der Waals surface area (Å²) in [5.41, 5.74) is 4.60. The van der Waals surface area contributed by atoms with Crippen LogP contribution in [0.4, 0.5) is 4.79 Å². The van der Waals surface area contributed by atoms with Crippen LogP contribution < -0.4 is 10.6 Å². The summed E-state index contributed by atoms with van der Waals surface area (Å²) in [6.45, 7) is 0.196. The molecule has 2 aromatic rings. The Morgan fingerprint density at radius 3 is 2.14 bits per heavy atom. The molecule has 0 radical (unpaired) electrons. The van der Waals surface area contributed by atoms with E-state index < -0.39 is 24.0 Å². The number of carboxylic acids is 1. The first-order valence-corrected chi connectivity index (χ1v) is 12.7. The molecule has 35 heavy (non-hydrogen) atoms. The van der Waals surface area contributed by atoms with Gasteiger partial charge in [0.2, 0.25) is 5.91 Å². The fraction of sp³-hybridized carbons (Fsp3) is 0.464. The minimum absolute atomic E-state index is 0.0423. The van der Waals surface area contributed by atoms with Crippen molar-refractivity contribution in [2.45, 2.75) is 62.9 Å². The van der Waals surface area contributed by atoms with E-state index in [1.54, 1.807) is 0 Å². The van der Waals surface area contributed by atoms with E-state index in [-0.39, 0.29) is 30.4 Å². The lowest BCUT2D eigenvalue weighted by Gasteiger charge is -2.35. The fourth-order valence-electron chi connectivity index (χ4n) is 5.77. The molecular weight excluding hydrogens is 444 g/mol. The van der Waals surface area contributed by atoms with E-state index in [2.05, 4.69) is 34.9 Å². The molecule has 184 valence electrons. The highest BCUT2D eigenvalue weighted by molar-refractivity contribution is 5.86. The van der Waals surface area contributed by atoms with Crippen molar-refractivity contribution in [1.82, 2.24) is 10.6 Å². The number of nitrogens with one attached hydrogen (secondary N) is 2. The molecule has 0 aromatic heterocycles. The first-order chi connectivity index (χ1) is 17.0. The van der Waals surface area contributed by atoms with Crippen LogP contribution in [0.3, 0.4) is 0 Å². The summed E-state index contributed by atoms with van der Waals surface area (Å²) in [5, 5.41) is 15.2. The molecule has 7 heteroatoms. The second-order valence-corrected chi connectivity index (χ2v) is 10.0. The third-order valence-corrected chi connectivity index (χ3v) is 7.89. The number of ether oxygens (including phenoxy) is 1.